The summed E-state index contributed by atoms with van der Waals surface area (Å²) in [6.45, 7) is 0. The molecule has 0 aliphatic heterocycles. The first-order valence-corrected chi connectivity index (χ1v) is 20.6. The molecule has 1 heterocycles. The van der Waals surface area contributed by atoms with Crippen LogP contribution in [0.25, 0.3) is 82.8 Å². The topological polar surface area (TPSA) is 8.17 Å². The number of aromatic nitrogens is 1. The molecule has 11 aromatic rings. The standard InChI is InChI=1S/C58H40N2/c1-5-19-41(20-6-1)48-28-15-16-29-49(48)45-34-38-56(54(39-45)43-23-9-3-10-24-43)59(46-26-11-4-12-27-46)47-35-37-53-52-31-17-18-32-55(52)60(57(53)40-47)58-50-30-14-13-25-44(50)33-36-51(58)42-21-7-2-8-22-42/h1-40H. The summed E-state index contributed by atoms with van der Waals surface area (Å²) in [7, 11) is 0. The molecule has 0 radical (unpaired) electrons. The number of anilines is 3. The molecule has 0 N–H and O–H groups in total. The second-order valence-electron chi connectivity index (χ2n) is 15.3. The maximum Gasteiger partial charge on any atom is 0.0618 e. The van der Waals surface area contributed by atoms with Crippen molar-refractivity contribution in [1.29, 1.82) is 0 Å². The molecule has 10 aromatic carbocycles. The van der Waals surface area contributed by atoms with Crippen molar-refractivity contribution < 1.29 is 0 Å². The van der Waals surface area contributed by atoms with Crippen molar-refractivity contribution in [3.63, 3.8) is 0 Å². The Morgan fingerprint density at radius 1 is 0.283 bits per heavy atom. The Hall–Kier alpha value is -7.94. The lowest BCUT2D eigenvalue weighted by atomic mass is 9.91. The maximum atomic E-state index is 2.50. The van der Waals surface area contributed by atoms with Gasteiger partial charge in [0, 0.05) is 38.7 Å². The van der Waals surface area contributed by atoms with Crippen LogP contribution in [-0.2, 0) is 0 Å². The van der Waals surface area contributed by atoms with E-state index in [1.54, 1.807) is 0 Å². The van der Waals surface area contributed by atoms with Crippen molar-refractivity contribution in [2.24, 2.45) is 0 Å². The lowest BCUT2D eigenvalue weighted by molar-refractivity contribution is 1.19. The minimum atomic E-state index is 1.08. The highest BCUT2D eigenvalue weighted by molar-refractivity contribution is 6.13. The van der Waals surface area contributed by atoms with E-state index in [0.717, 1.165) is 33.7 Å². The normalized spacial score (nSPS) is 11.3. The van der Waals surface area contributed by atoms with Crippen molar-refractivity contribution in [1.82, 2.24) is 4.57 Å². The number of para-hydroxylation sites is 2. The molecule has 0 amide bonds. The highest BCUT2D eigenvalue weighted by atomic mass is 15.1. The van der Waals surface area contributed by atoms with E-state index in [1.807, 2.05) is 0 Å². The SMILES string of the molecule is c1ccc(-c2ccccc2-c2ccc(N(c3ccccc3)c3ccc4c5ccccc5n(-c5c(-c6ccccc6)ccc6ccccc56)c4c3)c(-c3ccccc3)c2)cc1. The fourth-order valence-corrected chi connectivity index (χ4v) is 9.04. The van der Waals surface area contributed by atoms with E-state index in [1.165, 1.54) is 66.1 Å². The van der Waals surface area contributed by atoms with Gasteiger partial charge in [-0.15, -0.1) is 0 Å². The molecule has 0 atom stereocenters. The van der Waals surface area contributed by atoms with Gasteiger partial charge in [-0.25, -0.2) is 0 Å². The van der Waals surface area contributed by atoms with Gasteiger partial charge in [0.25, 0.3) is 0 Å². The summed E-state index contributed by atoms with van der Waals surface area (Å²) in [6, 6.07) is 87.9. The van der Waals surface area contributed by atoms with E-state index in [2.05, 4.69) is 252 Å². The van der Waals surface area contributed by atoms with Gasteiger partial charge in [0.1, 0.15) is 0 Å². The van der Waals surface area contributed by atoms with Crippen molar-refractivity contribution >= 4 is 49.6 Å². The monoisotopic (exact) mass is 764 g/mol. The molecule has 282 valence electrons. The highest BCUT2D eigenvalue weighted by Gasteiger charge is 2.23. The van der Waals surface area contributed by atoms with Crippen LogP contribution in [0.4, 0.5) is 17.1 Å². The largest absolute Gasteiger partial charge is 0.310 e. The molecule has 0 spiro atoms. The number of fused-ring (bicyclic) bond motifs is 4. The Bertz CT molecular complexity index is 3300. The molecule has 0 saturated heterocycles. The third kappa shape index (κ3) is 6.14. The first-order valence-electron chi connectivity index (χ1n) is 20.6. The van der Waals surface area contributed by atoms with Crippen LogP contribution in [0, 0.1) is 0 Å². The van der Waals surface area contributed by atoms with Crippen molar-refractivity contribution in [2.75, 3.05) is 4.90 Å². The molecule has 1 aromatic heterocycles. The van der Waals surface area contributed by atoms with Crippen molar-refractivity contribution in [3.8, 4) is 50.2 Å². The second-order valence-corrected chi connectivity index (χ2v) is 15.3. The zero-order valence-electron chi connectivity index (χ0n) is 33.0. The molecule has 2 heteroatoms. The van der Waals surface area contributed by atoms with Crippen LogP contribution >= 0.6 is 0 Å². The van der Waals surface area contributed by atoms with Crippen molar-refractivity contribution in [3.05, 3.63) is 243 Å². The number of hydrogen-bond donors (Lipinski definition) is 0. The third-order valence-electron chi connectivity index (χ3n) is 11.8. The van der Waals surface area contributed by atoms with Crippen molar-refractivity contribution in [2.45, 2.75) is 0 Å². The van der Waals surface area contributed by atoms with Crippen LogP contribution in [0.1, 0.15) is 0 Å². The highest BCUT2D eigenvalue weighted by Crippen LogP contribution is 2.46. The van der Waals surface area contributed by atoms with Crippen LogP contribution in [0.3, 0.4) is 0 Å². The molecule has 0 aliphatic rings. The molecule has 11 rings (SSSR count). The zero-order chi connectivity index (χ0) is 39.8. The Labute approximate surface area is 350 Å². The molecular formula is C58H40N2. The van der Waals surface area contributed by atoms with Gasteiger partial charge < -0.3 is 9.47 Å². The van der Waals surface area contributed by atoms with Crippen LogP contribution < -0.4 is 4.90 Å². The fraction of sp³-hybridized carbons (Fsp3) is 0. The minimum Gasteiger partial charge on any atom is -0.310 e. The van der Waals surface area contributed by atoms with E-state index < -0.39 is 0 Å². The van der Waals surface area contributed by atoms with E-state index in [4.69, 9.17) is 0 Å². The minimum absolute atomic E-state index is 1.08. The summed E-state index contributed by atoms with van der Waals surface area (Å²) in [5.41, 5.74) is 16.3. The van der Waals surface area contributed by atoms with Gasteiger partial charge in [-0.3, -0.25) is 0 Å². The number of nitrogens with zero attached hydrogens (tertiary/aromatic N) is 2. The lowest BCUT2D eigenvalue weighted by Gasteiger charge is -2.29. The van der Waals surface area contributed by atoms with E-state index in [-0.39, 0.29) is 0 Å². The van der Waals surface area contributed by atoms with Crippen LogP contribution in [-0.4, -0.2) is 4.57 Å². The smallest absolute Gasteiger partial charge is 0.0618 e. The average molecular weight is 765 g/mol. The zero-order valence-corrected chi connectivity index (χ0v) is 33.0. The van der Waals surface area contributed by atoms with E-state index in [9.17, 15) is 0 Å². The quantitative estimate of drug-likeness (QED) is 0.150. The van der Waals surface area contributed by atoms with Gasteiger partial charge in [0.2, 0.25) is 0 Å². The molecule has 0 fully saturated rings. The number of rotatable bonds is 8. The number of hydrogen-bond acceptors (Lipinski definition) is 1. The van der Waals surface area contributed by atoms with Gasteiger partial charge in [0.05, 0.1) is 22.4 Å². The van der Waals surface area contributed by atoms with Gasteiger partial charge in [-0.2, -0.15) is 0 Å². The Morgan fingerprint density at radius 3 is 1.52 bits per heavy atom. The van der Waals surface area contributed by atoms with E-state index >= 15 is 0 Å². The van der Waals surface area contributed by atoms with Gasteiger partial charge in [0.15, 0.2) is 0 Å². The second kappa shape index (κ2) is 15.1. The Balaban J connectivity index is 1.18. The van der Waals surface area contributed by atoms with Gasteiger partial charge >= 0.3 is 0 Å². The maximum absolute atomic E-state index is 2.50. The summed E-state index contributed by atoms with van der Waals surface area (Å²) in [5.74, 6) is 0. The van der Waals surface area contributed by atoms with E-state index in [0.29, 0.717) is 0 Å². The predicted octanol–water partition coefficient (Wildman–Crippen LogP) is 16.1. The lowest BCUT2D eigenvalue weighted by Crippen LogP contribution is -2.11. The average Bonchev–Trinajstić information content (AvgIpc) is 3.66. The molecular weight excluding hydrogens is 725 g/mol. The van der Waals surface area contributed by atoms with Crippen LogP contribution in [0.2, 0.25) is 0 Å². The summed E-state index contributed by atoms with van der Waals surface area (Å²) >= 11 is 0. The molecule has 0 bridgehead atoms. The summed E-state index contributed by atoms with van der Waals surface area (Å²) in [4.78, 5) is 2.43. The summed E-state index contributed by atoms with van der Waals surface area (Å²) < 4.78 is 2.50. The first kappa shape index (κ1) is 35.2. The first-order chi connectivity index (χ1) is 29.8. The molecule has 0 saturated carbocycles. The van der Waals surface area contributed by atoms with Crippen LogP contribution in [0.5, 0.6) is 0 Å². The Kier molecular flexibility index (Phi) is 8.87. The summed E-state index contributed by atoms with van der Waals surface area (Å²) in [5, 5.41) is 4.86. The van der Waals surface area contributed by atoms with Crippen LogP contribution in [0.15, 0.2) is 243 Å². The molecule has 60 heavy (non-hydrogen) atoms. The van der Waals surface area contributed by atoms with Gasteiger partial charge in [-0.1, -0.05) is 200 Å². The molecule has 0 aliphatic carbocycles. The van der Waals surface area contributed by atoms with Gasteiger partial charge in [-0.05, 0) is 81.2 Å². The fourth-order valence-electron chi connectivity index (χ4n) is 9.04. The summed E-state index contributed by atoms with van der Waals surface area (Å²) in [6.07, 6.45) is 0. The predicted molar refractivity (Wildman–Crippen MR) is 255 cm³/mol. The number of benzene rings is 10. The molecule has 0 unspecified atom stereocenters. The third-order valence-corrected chi connectivity index (χ3v) is 11.8. The Morgan fingerprint density at radius 2 is 0.817 bits per heavy atom. The molecule has 2 nitrogen and oxygen atoms in total.